The summed E-state index contributed by atoms with van der Waals surface area (Å²) in [6.45, 7) is 7.14. The summed E-state index contributed by atoms with van der Waals surface area (Å²) in [6, 6.07) is 10.4. The van der Waals surface area contributed by atoms with Crippen LogP contribution in [0.25, 0.3) is 0 Å². The van der Waals surface area contributed by atoms with Gasteiger partial charge in [-0.3, -0.25) is 19.4 Å². The molecule has 29 heavy (non-hydrogen) atoms. The molecule has 1 heterocycles. The van der Waals surface area contributed by atoms with Crippen molar-refractivity contribution < 1.29 is 9.59 Å². The van der Waals surface area contributed by atoms with Crippen LogP contribution in [0.15, 0.2) is 30.3 Å². The largest absolute Gasteiger partial charge is 0.351 e. The molecule has 1 saturated heterocycles. The van der Waals surface area contributed by atoms with Crippen molar-refractivity contribution in [2.24, 2.45) is 5.92 Å². The van der Waals surface area contributed by atoms with E-state index in [1.165, 1.54) is 12.8 Å². The van der Waals surface area contributed by atoms with Crippen LogP contribution in [0.3, 0.4) is 0 Å². The summed E-state index contributed by atoms with van der Waals surface area (Å²) in [7, 11) is 1.97. The quantitative estimate of drug-likeness (QED) is 0.760. The first-order valence-electron chi connectivity index (χ1n) is 11.0. The Morgan fingerprint density at radius 1 is 0.966 bits per heavy atom. The van der Waals surface area contributed by atoms with E-state index in [1.807, 2.05) is 42.3 Å². The molecular formula is C23H36N4O2. The van der Waals surface area contributed by atoms with Crippen LogP contribution in [0.4, 0.5) is 0 Å². The summed E-state index contributed by atoms with van der Waals surface area (Å²) < 4.78 is 0. The van der Waals surface area contributed by atoms with Crippen molar-refractivity contribution in [1.29, 1.82) is 0 Å². The van der Waals surface area contributed by atoms with Crippen molar-refractivity contribution in [3.8, 4) is 0 Å². The molecule has 0 unspecified atom stereocenters. The second-order valence-electron chi connectivity index (χ2n) is 8.73. The van der Waals surface area contributed by atoms with Gasteiger partial charge in [0.05, 0.1) is 13.1 Å². The zero-order chi connectivity index (χ0) is 20.6. The molecule has 2 amide bonds. The Kier molecular flexibility index (Phi) is 8.07. The molecule has 2 aliphatic rings. The second-order valence-corrected chi connectivity index (χ2v) is 8.73. The molecule has 1 aromatic carbocycles. The van der Waals surface area contributed by atoms with Crippen molar-refractivity contribution in [3.05, 3.63) is 35.9 Å². The second kappa shape index (κ2) is 10.7. The minimum atomic E-state index is 0.0599. The van der Waals surface area contributed by atoms with Gasteiger partial charge < -0.3 is 10.2 Å². The molecule has 0 aromatic heterocycles. The SMILES string of the molecule is CC1CCC(N(C)C(=O)CN2CCN(CC(=O)NCc3ccccc3)CC2)CC1. The molecule has 1 aliphatic carbocycles. The van der Waals surface area contributed by atoms with Crippen LogP contribution in [0.1, 0.15) is 38.2 Å². The summed E-state index contributed by atoms with van der Waals surface area (Å²) >= 11 is 0. The van der Waals surface area contributed by atoms with Crippen molar-refractivity contribution in [3.63, 3.8) is 0 Å². The number of hydrogen-bond donors (Lipinski definition) is 1. The summed E-state index contributed by atoms with van der Waals surface area (Å²) in [5.74, 6) is 1.09. The molecule has 1 saturated carbocycles. The summed E-state index contributed by atoms with van der Waals surface area (Å²) in [5.41, 5.74) is 1.11. The predicted octanol–water partition coefficient (Wildman–Crippen LogP) is 1.96. The van der Waals surface area contributed by atoms with Gasteiger partial charge in [-0.2, -0.15) is 0 Å². The number of carbonyl (C=O) groups excluding carboxylic acids is 2. The lowest BCUT2D eigenvalue weighted by atomic mass is 9.87. The first-order chi connectivity index (χ1) is 14.0. The number of piperazine rings is 1. The van der Waals surface area contributed by atoms with Gasteiger partial charge in [0.15, 0.2) is 0 Å². The third kappa shape index (κ3) is 6.82. The zero-order valence-corrected chi connectivity index (χ0v) is 18.0. The van der Waals surface area contributed by atoms with Gasteiger partial charge in [-0.05, 0) is 37.2 Å². The molecule has 1 aromatic rings. The van der Waals surface area contributed by atoms with E-state index in [-0.39, 0.29) is 11.8 Å². The van der Waals surface area contributed by atoms with E-state index in [0.29, 0.717) is 25.7 Å². The number of carbonyl (C=O) groups is 2. The number of amides is 2. The van der Waals surface area contributed by atoms with E-state index >= 15 is 0 Å². The number of nitrogens with one attached hydrogen (secondary N) is 1. The van der Waals surface area contributed by atoms with Gasteiger partial charge in [0.2, 0.25) is 11.8 Å². The Balaban J connectivity index is 1.33. The molecule has 2 fully saturated rings. The molecule has 0 spiro atoms. The van der Waals surface area contributed by atoms with E-state index in [1.54, 1.807) is 0 Å². The van der Waals surface area contributed by atoms with Crippen LogP contribution < -0.4 is 5.32 Å². The molecule has 6 heteroatoms. The Hall–Kier alpha value is -1.92. The van der Waals surface area contributed by atoms with Crippen molar-refractivity contribution in [2.45, 2.75) is 45.2 Å². The van der Waals surface area contributed by atoms with Gasteiger partial charge in [-0.25, -0.2) is 0 Å². The van der Waals surface area contributed by atoms with Gasteiger partial charge in [0.25, 0.3) is 0 Å². The first-order valence-corrected chi connectivity index (χ1v) is 11.0. The van der Waals surface area contributed by atoms with E-state index in [2.05, 4.69) is 22.0 Å². The van der Waals surface area contributed by atoms with Crippen molar-refractivity contribution in [1.82, 2.24) is 20.0 Å². The van der Waals surface area contributed by atoms with Crippen molar-refractivity contribution >= 4 is 11.8 Å². The third-order valence-electron chi connectivity index (χ3n) is 6.45. The van der Waals surface area contributed by atoms with E-state index < -0.39 is 0 Å². The van der Waals surface area contributed by atoms with Crippen molar-refractivity contribution in [2.75, 3.05) is 46.3 Å². The molecule has 1 N–H and O–H groups in total. The highest BCUT2D eigenvalue weighted by Gasteiger charge is 2.27. The van der Waals surface area contributed by atoms with Crippen LogP contribution in [-0.2, 0) is 16.1 Å². The van der Waals surface area contributed by atoms with Crippen LogP contribution in [-0.4, -0.2) is 78.9 Å². The third-order valence-corrected chi connectivity index (χ3v) is 6.45. The predicted molar refractivity (Wildman–Crippen MR) is 115 cm³/mol. The molecular weight excluding hydrogens is 364 g/mol. The molecule has 0 atom stereocenters. The van der Waals surface area contributed by atoms with E-state index in [9.17, 15) is 9.59 Å². The fourth-order valence-electron chi connectivity index (χ4n) is 4.30. The maximum absolute atomic E-state index is 12.7. The lowest BCUT2D eigenvalue weighted by molar-refractivity contribution is -0.134. The average molecular weight is 401 g/mol. The van der Waals surface area contributed by atoms with Crippen LogP contribution in [0.5, 0.6) is 0 Å². The van der Waals surface area contributed by atoms with Gasteiger partial charge in [0.1, 0.15) is 0 Å². The molecule has 160 valence electrons. The highest BCUT2D eigenvalue weighted by Crippen LogP contribution is 2.26. The summed E-state index contributed by atoms with van der Waals surface area (Å²) in [5, 5.41) is 2.99. The Morgan fingerprint density at radius 2 is 1.55 bits per heavy atom. The molecule has 1 aliphatic heterocycles. The molecule has 3 rings (SSSR count). The minimum absolute atomic E-state index is 0.0599. The summed E-state index contributed by atoms with van der Waals surface area (Å²) in [6.07, 6.45) is 4.73. The van der Waals surface area contributed by atoms with E-state index in [0.717, 1.165) is 50.5 Å². The standard InChI is InChI=1S/C23H36N4O2/c1-19-8-10-21(11-9-19)25(2)23(29)18-27-14-12-26(13-15-27)17-22(28)24-16-20-6-4-3-5-7-20/h3-7,19,21H,8-18H2,1-2H3,(H,24,28). The Labute approximate surface area is 175 Å². The maximum Gasteiger partial charge on any atom is 0.236 e. The first kappa shape index (κ1) is 21.8. The summed E-state index contributed by atoms with van der Waals surface area (Å²) in [4.78, 5) is 31.3. The Morgan fingerprint density at radius 3 is 2.17 bits per heavy atom. The van der Waals surface area contributed by atoms with Crippen LogP contribution >= 0.6 is 0 Å². The number of likely N-dealkylation sites (N-methyl/N-ethyl adjacent to an activating group) is 1. The fraction of sp³-hybridized carbons (Fsp3) is 0.652. The van der Waals surface area contributed by atoms with Gasteiger partial charge in [0, 0.05) is 45.8 Å². The van der Waals surface area contributed by atoms with Crippen LogP contribution in [0.2, 0.25) is 0 Å². The molecule has 0 bridgehead atoms. The van der Waals surface area contributed by atoms with Gasteiger partial charge in [-0.15, -0.1) is 0 Å². The number of hydrogen-bond acceptors (Lipinski definition) is 4. The number of nitrogens with zero attached hydrogens (tertiary/aromatic N) is 3. The minimum Gasteiger partial charge on any atom is -0.351 e. The van der Waals surface area contributed by atoms with E-state index in [4.69, 9.17) is 0 Å². The average Bonchev–Trinajstić information content (AvgIpc) is 2.74. The normalized spacial score (nSPS) is 23.5. The Bertz CT molecular complexity index is 650. The smallest absolute Gasteiger partial charge is 0.236 e. The highest BCUT2D eigenvalue weighted by atomic mass is 16.2. The fourth-order valence-corrected chi connectivity index (χ4v) is 4.30. The molecule has 6 nitrogen and oxygen atoms in total. The topological polar surface area (TPSA) is 55.9 Å². The number of rotatable bonds is 7. The van der Waals surface area contributed by atoms with Gasteiger partial charge >= 0.3 is 0 Å². The van der Waals surface area contributed by atoms with Crippen LogP contribution in [0, 0.1) is 5.92 Å². The van der Waals surface area contributed by atoms with Gasteiger partial charge in [-0.1, -0.05) is 37.3 Å². The maximum atomic E-state index is 12.7. The highest BCUT2D eigenvalue weighted by molar-refractivity contribution is 5.78. The lowest BCUT2D eigenvalue weighted by Crippen LogP contribution is -2.52. The zero-order valence-electron chi connectivity index (χ0n) is 18.0. The molecule has 0 radical (unpaired) electrons. The lowest BCUT2D eigenvalue weighted by Gasteiger charge is -2.37. The monoisotopic (exact) mass is 400 g/mol. The number of benzene rings is 1.